The lowest BCUT2D eigenvalue weighted by atomic mass is 9.89. The van der Waals surface area contributed by atoms with E-state index in [0.29, 0.717) is 5.92 Å². The molecule has 0 aliphatic heterocycles. The van der Waals surface area contributed by atoms with Crippen molar-refractivity contribution in [2.45, 2.75) is 44.9 Å². The SMILES string of the molecule is CC1CCCC(Oc2cc(C(F)(F)F)nc(NN)n2)C1. The highest BCUT2D eigenvalue weighted by molar-refractivity contribution is 5.30. The number of nitrogens with zero attached hydrogens (tertiary/aromatic N) is 2. The molecule has 20 heavy (non-hydrogen) atoms. The number of hydrazine groups is 1. The average Bonchev–Trinajstić information content (AvgIpc) is 2.37. The fourth-order valence-corrected chi connectivity index (χ4v) is 2.35. The van der Waals surface area contributed by atoms with Crippen LogP contribution < -0.4 is 16.0 Å². The zero-order valence-electron chi connectivity index (χ0n) is 11.1. The van der Waals surface area contributed by atoms with Crippen LogP contribution in [0, 0.1) is 5.92 Å². The van der Waals surface area contributed by atoms with Crippen LogP contribution in [0.5, 0.6) is 5.88 Å². The summed E-state index contributed by atoms with van der Waals surface area (Å²) < 4.78 is 43.7. The van der Waals surface area contributed by atoms with Crippen molar-refractivity contribution in [2.24, 2.45) is 11.8 Å². The van der Waals surface area contributed by atoms with Crippen LogP contribution in [0.4, 0.5) is 19.1 Å². The summed E-state index contributed by atoms with van der Waals surface area (Å²) >= 11 is 0. The molecule has 1 aliphatic carbocycles. The molecule has 8 heteroatoms. The topological polar surface area (TPSA) is 73.1 Å². The highest BCUT2D eigenvalue weighted by atomic mass is 19.4. The van der Waals surface area contributed by atoms with Crippen molar-refractivity contribution in [3.63, 3.8) is 0 Å². The number of aromatic nitrogens is 2. The first-order valence-corrected chi connectivity index (χ1v) is 6.48. The van der Waals surface area contributed by atoms with E-state index in [1.807, 2.05) is 5.43 Å². The van der Waals surface area contributed by atoms with Gasteiger partial charge in [0.15, 0.2) is 5.69 Å². The molecule has 0 saturated heterocycles. The minimum absolute atomic E-state index is 0.0978. The van der Waals surface area contributed by atoms with E-state index in [1.165, 1.54) is 0 Å². The summed E-state index contributed by atoms with van der Waals surface area (Å²) in [6.07, 6.45) is -0.914. The van der Waals surface area contributed by atoms with Gasteiger partial charge in [-0.1, -0.05) is 13.3 Å². The summed E-state index contributed by atoms with van der Waals surface area (Å²) in [5, 5.41) is 0. The minimum atomic E-state index is -4.56. The highest BCUT2D eigenvalue weighted by Crippen LogP contribution is 2.32. The number of hydrogen-bond donors (Lipinski definition) is 2. The predicted molar refractivity (Wildman–Crippen MR) is 66.9 cm³/mol. The Kier molecular flexibility index (Phi) is 4.32. The second kappa shape index (κ2) is 5.82. The molecule has 1 heterocycles. The molecular weight excluding hydrogens is 273 g/mol. The van der Waals surface area contributed by atoms with Crippen molar-refractivity contribution in [3.8, 4) is 5.88 Å². The first-order valence-electron chi connectivity index (χ1n) is 6.48. The van der Waals surface area contributed by atoms with Gasteiger partial charge in [-0.3, -0.25) is 5.43 Å². The molecule has 112 valence electrons. The third-order valence-corrected chi connectivity index (χ3v) is 3.30. The Balaban J connectivity index is 2.18. The molecule has 1 aromatic heterocycles. The Hall–Kier alpha value is -1.57. The maximum atomic E-state index is 12.7. The maximum absolute atomic E-state index is 12.7. The van der Waals surface area contributed by atoms with Crippen molar-refractivity contribution < 1.29 is 17.9 Å². The summed E-state index contributed by atoms with van der Waals surface area (Å²) in [6, 6.07) is 0.806. The second-order valence-electron chi connectivity index (χ2n) is 5.07. The molecule has 1 aliphatic rings. The Morgan fingerprint density at radius 1 is 1.35 bits per heavy atom. The predicted octanol–water partition coefficient (Wildman–Crippen LogP) is 2.74. The van der Waals surface area contributed by atoms with Gasteiger partial charge in [-0.2, -0.15) is 18.2 Å². The lowest BCUT2D eigenvalue weighted by molar-refractivity contribution is -0.141. The van der Waals surface area contributed by atoms with Crippen molar-refractivity contribution >= 4 is 5.95 Å². The van der Waals surface area contributed by atoms with Gasteiger partial charge in [-0.05, 0) is 25.2 Å². The van der Waals surface area contributed by atoms with Crippen molar-refractivity contribution in [1.29, 1.82) is 0 Å². The number of anilines is 1. The number of ether oxygens (including phenoxy) is 1. The fraction of sp³-hybridized carbons (Fsp3) is 0.667. The van der Waals surface area contributed by atoms with Gasteiger partial charge in [-0.15, -0.1) is 0 Å². The second-order valence-corrected chi connectivity index (χ2v) is 5.07. The van der Waals surface area contributed by atoms with E-state index in [9.17, 15) is 13.2 Å². The highest BCUT2D eigenvalue weighted by Gasteiger charge is 2.34. The molecule has 0 spiro atoms. The molecule has 1 fully saturated rings. The molecule has 0 amide bonds. The summed E-state index contributed by atoms with van der Waals surface area (Å²) in [7, 11) is 0. The van der Waals surface area contributed by atoms with Crippen LogP contribution in [0.15, 0.2) is 6.07 Å². The smallest absolute Gasteiger partial charge is 0.433 e. The molecule has 3 N–H and O–H groups in total. The van der Waals surface area contributed by atoms with Crippen LogP contribution in [-0.2, 0) is 6.18 Å². The third kappa shape index (κ3) is 3.72. The summed E-state index contributed by atoms with van der Waals surface area (Å²) in [5.41, 5.74) is 0.954. The molecule has 2 unspecified atom stereocenters. The van der Waals surface area contributed by atoms with E-state index in [-0.39, 0.29) is 17.9 Å². The van der Waals surface area contributed by atoms with E-state index in [4.69, 9.17) is 10.6 Å². The van der Waals surface area contributed by atoms with Crippen molar-refractivity contribution in [3.05, 3.63) is 11.8 Å². The molecule has 0 aromatic carbocycles. The van der Waals surface area contributed by atoms with Gasteiger partial charge in [0.25, 0.3) is 0 Å². The van der Waals surface area contributed by atoms with Crippen molar-refractivity contribution in [1.82, 2.24) is 9.97 Å². The molecule has 5 nitrogen and oxygen atoms in total. The van der Waals surface area contributed by atoms with Gasteiger partial charge in [0.2, 0.25) is 11.8 Å². The number of nitrogens with one attached hydrogen (secondary N) is 1. The van der Waals surface area contributed by atoms with Gasteiger partial charge in [0.1, 0.15) is 6.10 Å². The number of alkyl halides is 3. The van der Waals surface area contributed by atoms with Gasteiger partial charge >= 0.3 is 6.18 Å². The minimum Gasteiger partial charge on any atom is -0.474 e. The number of halogens is 3. The molecule has 0 radical (unpaired) electrons. The maximum Gasteiger partial charge on any atom is 0.433 e. The summed E-state index contributed by atoms with van der Waals surface area (Å²) in [4.78, 5) is 7.09. The average molecular weight is 290 g/mol. The summed E-state index contributed by atoms with van der Waals surface area (Å²) in [5.74, 6) is 5.19. The van der Waals surface area contributed by atoms with Crippen molar-refractivity contribution in [2.75, 3.05) is 5.43 Å². The van der Waals surface area contributed by atoms with Gasteiger partial charge in [0, 0.05) is 6.07 Å². The lowest BCUT2D eigenvalue weighted by Gasteiger charge is -2.27. The zero-order chi connectivity index (χ0) is 14.8. The summed E-state index contributed by atoms with van der Waals surface area (Å²) in [6.45, 7) is 2.10. The van der Waals surface area contributed by atoms with Gasteiger partial charge < -0.3 is 4.74 Å². The number of nitrogen functional groups attached to an aromatic ring is 1. The largest absolute Gasteiger partial charge is 0.474 e. The van der Waals surface area contributed by atoms with Crippen LogP contribution in [0.25, 0.3) is 0 Å². The Morgan fingerprint density at radius 3 is 2.70 bits per heavy atom. The Morgan fingerprint density at radius 2 is 2.10 bits per heavy atom. The zero-order valence-corrected chi connectivity index (χ0v) is 11.1. The first-order chi connectivity index (χ1) is 9.38. The van der Waals surface area contributed by atoms with E-state index in [1.54, 1.807) is 0 Å². The van der Waals surface area contributed by atoms with E-state index in [0.717, 1.165) is 31.7 Å². The normalized spacial score (nSPS) is 23.4. The Bertz CT molecular complexity index is 467. The molecule has 0 bridgehead atoms. The van der Waals surface area contributed by atoms with Crippen LogP contribution in [0.1, 0.15) is 38.3 Å². The number of rotatable bonds is 3. The number of hydrogen-bond acceptors (Lipinski definition) is 5. The molecule has 1 aromatic rings. The van der Waals surface area contributed by atoms with Crippen LogP contribution >= 0.6 is 0 Å². The van der Waals surface area contributed by atoms with Gasteiger partial charge in [0.05, 0.1) is 0 Å². The molecule has 2 atom stereocenters. The quantitative estimate of drug-likeness (QED) is 0.661. The monoisotopic (exact) mass is 290 g/mol. The van der Waals surface area contributed by atoms with Gasteiger partial charge in [-0.25, -0.2) is 10.8 Å². The Labute approximate surface area is 114 Å². The number of nitrogens with two attached hydrogens (primary N) is 1. The fourth-order valence-electron chi connectivity index (χ4n) is 2.35. The first kappa shape index (κ1) is 14.8. The lowest BCUT2D eigenvalue weighted by Crippen LogP contribution is -2.25. The molecular formula is C12H17F3N4O. The molecule has 2 rings (SSSR count). The third-order valence-electron chi connectivity index (χ3n) is 3.30. The van der Waals surface area contributed by atoms with Crippen LogP contribution in [-0.4, -0.2) is 16.1 Å². The van der Waals surface area contributed by atoms with E-state index in [2.05, 4.69) is 16.9 Å². The van der Waals surface area contributed by atoms with Crippen LogP contribution in [0.2, 0.25) is 0 Å². The van der Waals surface area contributed by atoms with E-state index < -0.39 is 11.9 Å². The van der Waals surface area contributed by atoms with E-state index >= 15 is 0 Å². The standard InChI is InChI=1S/C12H17F3N4O/c1-7-3-2-4-8(5-7)20-10-6-9(12(13,14)15)17-11(18-10)19-16/h6-8H,2-5,16H2,1H3,(H,17,18,19). The molecule has 1 saturated carbocycles. The van der Waals surface area contributed by atoms with Crippen LogP contribution in [0.3, 0.4) is 0 Å².